The van der Waals surface area contributed by atoms with Crippen molar-refractivity contribution in [2.75, 3.05) is 26.4 Å². The Bertz CT molecular complexity index is 1560. The molecule has 418 valence electrons. The second kappa shape index (κ2) is 57.9. The number of unbranched alkanes of at least 4 members (excludes halogenated alkanes) is 23. The monoisotopic (exact) mass is 1040 g/mol. The van der Waals surface area contributed by atoms with Crippen LogP contribution in [0.2, 0.25) is 0 Å². The summed E-state index contributed by atoms with van der Waals surface area (Å²) >= 11 is 0. The molecule has 0 radical (unpaired) electrons. The summed E-state index contributed by atoms with van der Waals surface area (Å²) in [6.45, 7) is 3.50. The summed E-state index contributed by atoms with van der Waals surface area (Å²) in [5, 5.41) is 0. The summed E-state index contributed by atoms with van der Waals surface area (Å²) in [5.41, 5.74) is 5.38. The van der Waals surface area contributed by atoms with Crippen molar-refractivity contribution in [3.63, 3.8) is 0 Å². The summed E-state index contributed by atoms with van der Waals surface area (Å²) < 4.78 is 33.0. The fraction of sp³-hybridized carbons (Fsp3) is 0.683. The van der Waals surface area contributed by atoms with Gasteiger partial charge in [-0.05, 0) is 96.3 Å². The van der Waals surface area contributed by atoms with Gasteiger partial charge >= 0.3 is 19.8 Å². The molecule has 0 rings (SSSR count). The van der Waals surface area contributed by atoms with Gasteiger partial charge in [0.2, 0.25) is 0 Å². The van der Waals surface area contributed by atoms with E-state index in [0.717, 1.165) is 109 Å². The molecule has 3 N–H and O–H groups in total. The minimum absolute atomic E-state index is 0.0455. The number of hydrogen-bond donors (Lipinski definition) is 2. The molecule has 0 saturated heterocycles. The number of carbonyl (C=O) groups is 2. The first-order valence-corrected chi connectivity index (χ1v) is 30.9. The van der Waals surface area contributed by atoms with Gasteiger partial charge in [0, 0.05) is 19.4 Å². The summed E-state index contributed by atoms with van der Waals surface area (Å²) in [6.07, 6.45) is 78.6. The molecule has 10 heteroatoms. The highest BCUT2D eigenvalue weighted by atomic mass is 31.2. The Kier molecular flexibility index (Phi) is 55.3. The summed E-state index contributed by atoms with van der Waals surface area (Å²) in [4.78, 5) is 35.2. The minimum Gasteiger partial charge on any atom is -0.462 e. The van der Waals surface area contributed by atoms with Crippen LogP contribution in [0.25, 0.3) is 0 Å². The van der Waals surface area contributed by atoms with Crippen molar-refractivity contribution < 1.29 is 37.6 Å². The maximum Gasteiger partial charge on any atom is 0.472 e. The van der Waals surface area contributed by atoms with Crippen LogP contribution in [0, 0.1) is 0 Å². The van der Waals surface area contributed by atoms with Crippen LogP contribution in [0.5, 0.6) is 0 Å². The molecule has 0 amide bonds. The molecule has 0 bridgehead atoms. The van der Waals surface area contributed by atoms with Crippen molar-refractivity contribution in [3.05, 3.63) is 109 Å². The lowest BCUT2D eigenvalue weighted by Gasteiger charge is -2.19. The SMILES string of the molecule is CC/C=C\C/C=C\C/C=C\C/C=C\C/C=C\CCCCCCCC(=O)OC(COC(=O)CCCCCCCCCCCCCCCCCCCC/C=C\C/C=C\C/C=C\C/C=C\CC)COP(=O)(O)OCCN. The molecule has 0 saturated carbocycles. The minimum atomic E-state index is -4.40. The molecule has 0 aromatic heterocycles. The van der Waals surface area contributed by atoms with Gasteiger partial charge in [-0.1, -0.05) is 245 Å². The first-order valence-electron chi connectivity index (χ1n) is 29.4. The van der Waals surface area contributed by atoms with Crippen molar-refractivity contribution >= 4 is 19.8 Å². The molecule has 0 aliphatic rings. The Morgan fingerprint density at radius 1 is 0.411 bits per heavy atom. The summed E-state index contributed by atoms with van der Waals surface area (Å²) in [7, 11) is -4.40. The lowest BCUT2D eigenvalue weighted by Crippen LogP contribution is -2.29. The molecule has 2 unspecified atom stereocenters. The predicted molar refractivity (Wildman–Crippen MR) is 311 cm³/mol. The van der Waals surface area contributed by atoms with Gasteiger partial charge in [0.15, 0.2) is 6.10 Å². The van der Waals surface area contributed by atoms with Crippen molar-refractivity contribution in [3.8, 4) is 0 Å². The lowest BCUT2D eigenvalue weighted by molar-refractivity contribution is -0.161. The number of esters is 2. The van der Waals surface area contributed by atoms with Crippen LogP contribution in [-0.2, 0) is 32.7 Å². The van der Waals surface area contributed by atoms with E-state index in [-0.39, 0.29) is 38.6 Å². The number of hydrogen-bond acceptors (Lipinski definition) is 8. The van der Waals surface area contributed by atoms with Crippen LogP contribution in [0.4, 0.5) is 0 Å². The zero-order chi connectivity index (χ0) is 53.1. The van der Waals surface area contributed by atoms with Crippen LogP contribution in [-0.4, -0.2) is 49.3 Å². The van der Waals surface area contributed by atoms with Gasteiger partial charge in [-0.3, -0.25) is 18.6 Å². The normalized spacial score (nSPS) is 13.9. The van der Waals surface area contributed by atoms with E-state index in [1.54, 1.807) is 0 Å². The quantitative estimate of drug-likeness (QED) is 0.0264. The number of ether oxygens (including phenoxy) is 2. The molecule has 2 atom stereocenters. The van der Waals surface area contributed by atoms with Crippen LogP contribution in [0.15, 0.2) is 109 Å². The predicted octanol–water partition coefficient (Wildman–Crippen LogP) is 18.6. The van der Waals surface area contributed by atoms with Gasteiger partial charge < -0.3 is 20.1 Å². The van der Waals surface area contributed by atoms with Crippen molar-refractivity contribution in [2.24, 2.45) is 5.73 Å². The lowest BCUT2D eigenvalue weighted by atomic mass is 10.0. The second-order valence-electron chi connectivity index (χ2n) is 19.1. The van der Waals surface area contributed by atoms with Crippen molar-refractivity contribution in [1.29, 1.82) is 0 Å². The van der Waals surface area contributed by atoms with Crippen LogP contribution >= 0.6 is 7.82 Å². The summed E-state index contributed by atoms with van der Waals surface area (Å²) in [5.74, 6) is -0.850. The van der Waals surface area contributed by atoms with Gasteiger partial charge in [-0.15, -0.1) is 0 Å². The molecule has 73 heavy (non-hydrogen) atoms. The topological polar surface area (TPSA) is 134 Å². The molecular weight excluding hydrogens is 930 g/mol. The standard InChI is InChI=1S/C63H108NO8P/c1-3-5-7-9-11-13-15-17-19-21-23-25-26-27-28-29-30-31-32-33-34-36-37-39-41-43-45-47-49-51-53-55-62(65)69-59-61(60-71-73(67,68)70-58-57-64)72-63(66)56-54-52-50-48-46-44-42-40-38-35-24-22-20-18-16-14-12-10-8-6-4-2/h5-8,11-14,17-20,23-25,35,40,42,61H,3-4,9-10,15-16,21-22,26-34,36-39,41,43-60,64H2,1-2H3,(H,67,68)/b7-5-,8-6-,13-11-,14-12-,19-17-,20-18-,25-23-,35-24-,42-40-. The summed E-state index contributed by atoms with van der Waals surface area (Å²) in [6, 6.07) is 0. The average Bonchev–Trinajstić information content (AvgIpc) is 3.38. The van der Waals surface area contributed by atoms with Gasteiger partial charge in [-0.2, -0.15) is 0 Å². The van der Waals surface area contributed by atoms with Crippen LogP contribution in [0.1, 0.15) is 245 Å². The molecular formula is C63H108NO8P. The van der Waals surface area contributed by atoms with Gasteiger partial charge in [0.25, 0.3) is 0 Å². The Labute approximate surface area is 448 Å². The second-order valence-corrected chi connectivity index (χ2v) is 20.6. The molecule has 0 fully saturated rings. The number of rotatable bonds is 54. The fourth-order valence-corrected chi connectivity index (χ4v) is 8.65. The zero-order valence-electron chi connectivity index (χ0n) is 46.6. The highest BCUT2D eigenvalue weighted by Gasteiger charge is 2.26. The molecule has 0 heterocycles. The number of phosphoric acid groups is 1. The third-order valence-corrected chi connectivity index (χ3v) is 13.1. The molecule has 0 aromatic carbocycles. The Balaban J connectivity index is 3.96. The number of nitrogens with two attached hydrogens (primary N) is 1. The first-order chi connectivity index (χ1) is 35.8. The van der Waals surface area contributed by atoms with Crippen molar-refractivity contribution in [1.82, 2.24) is 0 Å². The van der Waals surface area contributed by atoms with E-state index in [2.05, 4.69) is 123 Å². The maximum absolute atomic E-state index is 12.7. The fourth-order valence-electron chi connectivity index (χ4n) is 7.89. The van der Waals surface area contributed by atoms with E-state index in [0.29, 0.717) is 6.42 Å². The Hall–Kier alpha value is -3.33. The number of allylic oxidation sites excluding steroid dienone is 18. The highest BCUT2D eigenvalue weighted by molar-refractivity contribution is 7.47. The highest BCUT2D eigenvalue weighted by Crippen LogP contribution is 2.43. The van der Waals surface area contributed by atoms with Crippen LogP contribution < -0.4 is 5.73 Å². The third-order valence-electron chi connectivity index (χ3n) is 12.2. The van der Waals surface area contributed by atoms with Gasteiger partial charge in [-0.25, -0.2) is 4.57 Å². The molecule has 0 spiro atoms. The maximum atomic E-state index is 12.7. The number of carbonyl (C=O) groups excluding carboxylic acids is 2. The van der Waals surface area contributed by atoms with E-state index in [1.807, 2.05) is 0 Å². The van der Waals surface area contributed by atoms with E-state index in [1.165, 1.54) is 103 Å². The van der Waals surface area contributed by atoms with Gasteiger partial charge in [0.05, 0.1) is 13.2 Å². The first kappa shape index (κ1) is 69.7. The van der Waals surface area contributed by atoms with Gasteiger partial charge in [0.1, 0.15) is 6.61 Å². The molecule has 9 nitrogen and oxygen atoms in total. The Morgan fingerprint density at radius 3 is 1.05 bits per heavy atom. The van der Waals surface area contributed by atoms with E-state index in [9.17, 15) is 19.0 Å². The third kappa shape index (κ3) is 57.8. The average molecular weight is 1040 g/mol. The molecule has 0 aliphatic carbocycles. The van der Waals surface area contributed by atoms with E-state index in [4.69, 9.17) is 24.3 Å². The van der Waals surface area contributed by atoms with Crippen molar-refractivity contribution in [2.45, 2.75) is 251 Å². The zero-order valence-corrected chi connectivity index (χ0v) is 47.5. The van der Waals surface area contributed by atoms with E-state index >= 15 is 0 Å². The smallest absolute Gasteiger partial charge is 0.462 e. The van der Waals surface area contributed by atoms with E-state index < -0.39 is 26.5 Å². The molecule has 0 aliphatic heterocycles. The number of phosphoric ester groups is 1. The molecule has 0 aromatic rings. The Morgan fingerprint density at radius 2 is 0.712 bits per heavy atom. The van der Waals surface area contributed by atoms with Crippen LogP contribution in [0.3, 0.4) is 0 Å². The largest absolute Gasteiger partial charge is 0.472 e.